The van der Waals surface area contributed by atoms with Crippen molar-refractivity contribution in [3.8, 4) is 11.5 Å². The summed E-state index contributed by atoms with van der Waals surface area (Å²) in [5, 5.41) is 5.66. The number of fused-ring (bicyclic) bond motifs is 1. The smallest absolute Gasteiger partial charge is 0.249 e. The zero-order chi connectivity index (χ0) is 35.6. The summed E-state index contributed by atoms with van der Waals surface area (Å²) in [7, 11) is 6.46. The quantitative estimate of drug-likeness (QED) is 0.188. The molecule has 2 N–H and O–H groups in total. The first-order valence-electron chi connectivity index (χ1n) is 15.9. The van der Waals surface area contributed by atoms with Crippen LogP contribution in [-0.2, 0) is 25.6 Å². The highest BCUT2D eigenvalue weighted by Crippen LogP contribution is 2.44. The molecule has 50 heavy (non-hydrogen) atoms. The van der Waals surface area contributed by atoms with Crippen LogP contribution in [0.1, 0.15) is 5.56 Å². The van der Waals surface area contributed by atoms with Crippen LogP contribution in [0.3, 0.4) is 0 Å². The number of benzene rings is 4. The Kier molecular flexibility index (Phi) is 11.8. The van der Waals surface area contributed by atoms with E-state index in [1.807, 2.05) is 54.6 Å². The van der Waals surface area contributed by atoms with Crippen molar-refractivity contribution in [1.82, 2.24) is 10.6 Å². The predicted octanol–water partition coefficient (Wildman–Crippen LogP) is 4.06. The number of hydrogen-bond acceptors (Lipinski definition) is 9. The Bertz CT molecular complexity index is 1790. The highest BCUT2D eigenvalue weighted by molar-refractivity contribution is 8.02. The van der Waals surface area contributed by atoms with Crippen LogP contribution in [0.2, 0.25) is 0 Å². The lowest BCUT2D eigenvalue weighted by Crippen LogP contribution is -2.50. The monoisotopic (exact) mass is 696 g/mol. The lowest BCUT2D eigenvalue weighted by Gasteiger charge is -2.26. The summed E-state index contributed by atoms with van der Waals surface area (Å²) < 4.78 is 14.0. The van der Waals surface area contributed by atoms with Crippen LogP contribution in [0.15, 0.2) is 103 Å². The molecular weight excluding hydrogens is 657 g/mol. The van der Waals surface area contributed by atoms with Crippen molar-refractivity contribution in [1.29, 1.82) is 0 Å². The SMILES string of the molecule is COc1ccc(N(C)C(=O)CNC(=O)CN2SN(CC(=O)NC(Cc3ccccc3)C(=O)N(C)c3ccc(OC)cc3)c3ccccc32)cc1. The lowest BCUT2D eigenvalue weighted by atomic mass is 10.0. The average molecular weight is 697 g/mol. The molecule has 4 aromatic rings. The van der Waals surface area contributed by atoms with Crippen LogP contribution in [0.25, 0.3) is 0 Å². The molecular formula is C37H40N6O6S. The van der Waals surface area contributed by atoms with Gasteiger partial charge in [-0.2, -0.15) is 0 Å². The van der Waals surface area contributed by atoms with Gasteiger partial charge in [0.05, 0.1) is 44.3 Å². The van der Waals surface area contributed by atoms with Gasteiger partial charge in [0.25, 0.3) is 0 Å². The normalized spacial score (nSPS) is 12.4. The van der Waals surface area contributed by atoms with Gasteiger partial charge in [0.15, 0.2) is 0 Å². The van der Waals surface area contributed by atoms with Crippen LogP contribution in [0, 0.1) is 0 Å². The third-order valence-corrected chi connectivity index (χ3v) is 9.21. The molecule has 12 nitrogen and oxygen atoms in total. The van der Waals surface area contributed by atoms with Gasteiger partial charge in [0.2, 0.25) is 23.6 Å². The van der Waals surface area contributed by atoms with Crippen molar-refractivity contribution in [3.05, 3.63) is 109 Å². The Morgan fingerprint density at radius 3 is 1.72 bits per heavy atom. The van der Waals surface area contributed by atoms with Crippen molar-refractivity contribution >= 4 is 58.5 Å². The van der Waals surface area contributed by atoms with Crippen LogP contribution in [-0.4, -0.2) is 77.6 Å². The van der Waals surface area contributed by atoms with Crippen LogP contribution < -0.4 is 38.5 Å². The van der Waals surface area contributed by atoms with E-state index >= 15 is 0 Å². The van der Waals surface area contributed by atoms with Gasteiger partial charge in [-0.1, -0.05) is 42.5 Å². The molecule has 1 unspecified atom stereocenters. The van der Waals surface area contributed by atoms with Gasteiger partial charge in [0, 0.05) is 31.9 Å². The number of amides is 4. The number of carbonyl (C=O) groups is 4. The molecule has 4 amide bonds. The summed E-state index contributed by atoms with van der Waals surface area (Å²) in [5.41, 5.74) is 3.73. The summed E-state index contributed by atoms with van der Waals surface area (Å²) in [6.07, 6.45) is 0.300. The van der Waals surface area contributed by atoms with Gasteiger partial charge in [-0.15, -0.1) is 0 Å². The number of nitrogens with zero attached hydrogens (tertiary/aromatic N) is 4. The second-order valence-electron chi connectivity index (χ2n) is 11.5. The van der Waals surface area contributed by atoms with Gasteiger partial charge in [-0.3, -0.25) is 27.8 Å². The maximum atomic E-state index is 13.8. The molecule has 1 heterocycles. The van der Waals surface area contributed by atoms with E-state index in [0.717, 1.165) is 16.9 Å². The largest absolute Gasteiger partial charge is 0.497 e. The second-order valence-corrected chi connectivity index (χ2v) is 12.5. The van der Waals surface area contributed by atoms with Gasteiger partial charge < -0.3 is 29.9 Å². The summed E-state index contributed by atoms with van der Waals surface area (Å²) >= 11 is 1.21. The highest BCUT2D eigenvalue weighted by Gasteiger charge is 2.32. The fourth-order valence-corrected chi connectivity index (χ4v) is 6.41. The minimum absolute atomic E-state index is 0.0545. The topological polar surface area (TPSA) is 124 Å². The van der Waals surface area contributed by atoms with E-state index in [4.69, 9.17) is 9.47 Å². The summed E-state index contributed by atoms with van der Waals surface area (Å²) in [5.74, 6) is 0.0781. The molecule has 0 aliphatic carbocycles. The van der Waals surface area contributed by atoms with Gasteiger partial charge in [0.1, 0.15) is 30.6 Å². The van der Waals surface area contributed by atoms with E-state index in [9.17, 15) is 19.2 Å². The Morgan fingerprint density at radius 2 is 1.18 bits per heavy atom. The standard InChI is InChI=1S/C37H40N6O6S/c1-40(27-14-18-29(48-3)19-15-27)36(46)23-38-34(44)24-42-32-12-8-9-13-33(32)43(50-42)25-35(45)39-31(22-26-10-6-5-7-11-26)37(47)41(2)28-16-20-30(49-4)21-17-28/h5-21,31H,22-25H2,1-4H3,(H,38,44)(H,39,45). The summed E-state index contributed by atoms with van der Waals surface area (Å²) in [6, 6.07) is 30.3. The third kappa shape index (κ3) is 8.85. The first-order chi connectivity index (χ1) is 24.2. The molecule has 13 heteroatoms. The van der Waals surface area contributed by atoms with E-state index < -0.39 is 6.04 Å². The Hall–Kier alpha value is -5.69. The number of nitrogens with one attached hydrogen (secondary N) is 2. The number of likely N-dealkylation sites (N-methyl/N-ethyl adjacent to an activating group) is 2. The molecule has 0 saturated heterocycles. The number of carbonyl (C=O) groups excluding carboxylic acids is 4. The molecule has 1 aliphatic heterocycles. The van der Waals surface area contributed by atoms with Crippen LogP contribution >= 0.6 is 12.1 Å². The molecule has 1 aliphatic rings. The number of hydrogen-bond donors (Lipinski definition) is 2. The lowest BCUT2D eigenvalue weighted by molar-refractivity contribution is -0.126. The molecule has 0 radical (unpaired) electrons. The van der Waals surface area contributed by atoms with Gasteiger partial charge in [-0.25, -0.2) is 0 Å². The van der Waals surface area contributed by atoms with E-state index in [1.165, 1.54) is 21.9 Å². The average Bonchev–Trinajstić information content (AvgIpc) is 3.49. The van der Waals surface area contributed by atoms with Crippen LogP contribution in [0.4, 0.5) is 22.7 Å². The minimum Gasteiger partial charge on any atom is -0.497 e. The molecule has 0 bridgehead atoms. The van der Waals surface area contributed by atoms with Gasteiger partial charge in [-0.05, 0) is 66.2 Å². The first-order valence-corrected chi connectivity index (χ1v) is 16.6. The number of para-hydroxylation sites is 2. The molecule has 260 valence electrons. The molecule has 0 fully saturated rings. The first kappa shape index (κ1) is 35.6. The molecule has 1 atom stereocenters. The maximum Gasteiger partial charge on any atom is 0.249 e. The minimum atomic E-state index is -0.838. The fourth-order valence-electron chi connectivity index (χ4n) is 5.34. The zero-order valence-electron chi connectivity index (χ0n) is 28.4. The Morgan fingerprint density at radius 1 is 0.680 bits per heavy atom. The van der Waals surface area contributed by atoms with Crippen molar-refractivity contribution in [2.75, 3.05) is 66.4 Å². The van der Waals surface area contributed by atoms with Crippen molar-refractivity contribution in [2.45, 2.75) is 12.5 Å². The van der Waals surface area contributed by atoms with E-state index in [-0.39, 0.29) is 43.3 Å². The summed E-state index contributed by atoms with van der Waals surface area (Å²) in [6.45, 7) is -0.313. The van der Waals surface area contributed by atoms with Crippen LogP contribution in [0.5, 0.6) is 11.5 Å². The number of rotatable bonds is 14. The van der Waals surface area contributed by atoms with Crippen molar-refractivity contribution < 1.29 is 28.7 Å². The predicted molar refractivity (Wildman–Crippen MR) is 197 cm³/mol. The van der Waals surface area contributed by atoms with Crippen molar-refractivity contribution in [3.63, 3.8) is 0 Å². The number of anilines is 4. The highest BCUT2D eigenvalue weighted by atomic mass is 32.2. The molecule has 5 rings (SSSR count). The maximum absolute atomic E-state index is 13.8. The second kappa shape index (κ2) is 16.6. The molecule has 0 spiro atoms. The third-order valence-electron chi connectivity index (χ3n) is 8.17. The molecule has 4 aromatic carbocycles. The Balaban J connectivity index is 1.21. The molecule has 0 saturated carbocycles. The Labute approximate surface area is 296 Å². The fraction of sp³-hybridized carbons (Fsp3) is 0.243. The van der Waals surface area contributed by atoms with E-state index in [0.29, 0.717) is 29.3 Å². The zero-order valence-corrected chi connectivity index (χ0v) is 29.2. The van der Waals surface area contributed by atoms with Gasteiger partial charge >= 0.3 is 0 Å². The molecule has 0 aromatic heterocycles. The van der Waals surface area contributed by atoms with E-state index in [2.05, 4.69) is 10.6 Å². The number of ether oxygens (including phenoxy) is 2. The number of methoxy groups -OCH3 is 2. The van der Waals surface area contributed by atoms with E-state index in [1.54, 1.807) is 85.5 Å². The van der Waals surface area contributed by atoms with Crippen molar-refractivity contribution in [2.24, 2.45) is 0 Å². The summed E-state index contributed by atoms with van der Waals surface area (Å²) in [4.78, 5) is 56.1.